The molecular weight excluding hydrogens is 534 g/mol. The van der Waals surface area contributed by atoms with Gasteiger partial charge in [0, 0.05) is 22.3 Å². The molecule has 2 aliphatic rings. The van der Waals surface area contributed by atoms with Crippen LogP contribution in [0.2, 0.25) is 0 Å². The van der Waals surface area contributed by atoms with Gasteiger partial charge in [0.15, 0.2) is 0 Å². The summed E-state index contributed by atoms with van der Waals surface area (Å²) in [6.45, 7) is 4.52. The standard InChI is InChI=1S/C42H31NO/c1-27-14-6-12-22-38(27)43(30-15-4-3-5-16-30)28(2)29-24-25-32-31-17-7-10-20-35(31)42(37(32)26-29)36-21-11-8-18-33(36)40-34-19-9-13-23-39(34)44-41(40)42/h3-26,28H,1-2H3. The monoisotopic (exact) mass is 565 g/mol. The van der Waals surface area contributed by atoms with Crippen LogP contribution in [0.15, 0.2) is 150 Å². The first-order valence-electron chi connectivity index (χ1n) is 15.4. The van der Waals surface area contributed by atoms with E-state index in [0.717, 1.165) is 11.3 Å². The van der Waals surface area contributed by atoms with Crippen LogP contribution in [-0.2, 0) is 5.41 Å². The number of para-hydroxylation sites is 3. The summed E-state index contributed by atoms with van der Waals surface area (Å²) in [5.41, 5.74) is 14.3. The highest BCUT2D eigenvalue weighted by Crippen LogP contribution is 2.64. The number of furan rings is 1. The molecule has 0 fully saturated rings. The van der Waals surface area contributed by atoms with Crippen molar-refractivity contribution in [1.29, 1.82) is 0 Å². The molecule has 44 heavy (non-hydrogen) atoms. The number of nitrogens with zero attached hydrogens (tertiary/aromatic N) is 1. The van der Waals surface area contributed by atoms with Crippen molar-refractivity contribution < 1.29 is 4.42 Å². The summed E-state index contributed by atoms with van der Waals surface area (Å²) in [7, 11) is 0. The molecule has 210 valence electrons. The smallest absolute Gasteiger partial charge is 0.135 e. The Balaban J connectivity index is 1.32. The lowest BCUT2D eigenvalue weighted by atomic mass is 9.73. The van der Waals surface area contributed by atoms with Gasteiger partial charge in [-0.15, -0.1) is 0 Å². The quantitative estimate of drug-likeness (QED) is 0.211. The molecule has 1 spiro atoms. The minimum atomic E-state index is -0.521. The zero-order valence-electron chi connectivity index (χ0n) is 24.8. The van der Waals surface area contributed by atoms with Crippen molar-refractivity contribution in [2.24, 2.45) is 0 Å². The molecule has 2 heteroatoms. The first-order chi connectivity index (χ1) is 21.7. The minimum Gasteiger partial charge on any atom is -0.459 e. The number of benzene rings is 6. The number of anilines is 2. The predicted molar refractivity (Wildman–Crippen MR) is 181 cm³/mol. The lowest BCUT2D eigenvalue weighted by molar-refractivity contribution is 0.506. The molecule has 2 nitrogen and oxygen atoms in total. The number of hydrogen-bond acceptors (Lipinski definition) is 2. The van der Waals surface area contributed by atoms with Crippen molar-refractivity contribution in [3.8, 4) is 22.3 Å². The lowest BCUT2D eigenvalue weighted by Crippen LogP contribution is -2.26. The predicted octanol–water partition coefficient (Wildman–Crippen LogP) is 11.0. The molecule has 0 bridgehead atoms. The Morgan fingerprint density at radius 1 is 0.591 bits per heavy atom. The normalized spacial score (nSPS) is 16.4. The van der Waals surface area contributed by atoms with E-state index >= 15 is 0 Å². The van der Waals surface area contributed by atoms with Crippen LogP contribution in [0.4, 0.5) is 11.4 Å². The van der Waals surface area contributed by atoms with Crippen LogP contribution < -0.4 is 4.90 Å². The van der Waals surface area contributed by atoms with Gasteiger partial charge in [-0.2, -0.15) is 0 Å². The second-order valence-electron chi connectivity index (χ2n) is 12.1. The van der Waals surface area contributed by atoms with E-state index in [2.05, 4.69) is 164 Å². The van der Waals surface area contributed by atoms with Crippen molar-refractivity contribution in [3.05, 3.63) is 179 Å². The second kappa shape index (κ2) is 9.33. The first kappa shape index (κ1) is 25.2. The SMILES string of the molecule is Cc1ccccc1N(c1ccccc1)C(C)c1ccc2c(c1)C1(c3ccccc3-2)c2ccccc2-c2c1oc1ccccc21. The van der Waals surface area contributed by atoms with Gasteiger partial charge in [0.1, 0.15) is 16.8 Å². The first-order valence-corrected chi connectivity index (χ1v) is 15.4. The largest absolute Gasteiger partial charge is 0.459 e. The van der Waals surface area contributed by atoms with Crippen molar-refractivity contribution in [2.75, 3.05) is 4.90 Å². The summed E-state index contributed by atoms with van der Waals surface area (Å²) in [5, 5.41) is 1.18. The van der Waals surface area contributed by atoms with Crippen molar-refractivity contribution >= 4 is 22.3 Å². The fourth-order valence-electron chi connectivity index (χ4n) is 7.96. The third kappa shape index (κ3) is 3.26. The van der Waals surface area contributed by atoms with E-state index < -0.39 is 5.41 Å². The molecular formula is C42H31NO. The van der Waals surface area contributed by atoms with Gasteiger partial charge >= 0.3 is 0 Å². The Labute approximate surface area is 257 Å². The van der Waals surface area contributed by atoms with E-state index in [1.165, 1.54) is 66.8 Å². The Morgan fingerprint density at radius 2 is 1.23 bits per heavy atom. The average Bonchev–Trinajstić information content (AvgIpc) is 3.69. The number of hydrogen-bond donors (Lipinski definition) is 0. The van der Waals surface area contributed by atoms with Gasteiger partial charge in [-0.1, -0.05) is 121 Å². The summed E-state index contributed by atoms with van der Waals surface area (Å²) in [6, 6.07) is 53.0. The Bertz CT molecular complexity index is 2230. The summed E-state index contributed by atoms with van der Waals surface area (Å²) in [5.74, 6) is 1.04. The zero-order chi connectivity index (χ0) is 29.4. The second-order valence-corrected chi connectivity index (χ2v) is 12.1. The van der Waals surface area contributed by atoms with E-state index in [4.69, 9.17) is 4.42 Å². The van der Waals surface area contributed by atoms with E-state index in [1.807, 2.05) is 0 Å². The van der Waals surface area contributed by atoms with Gasteiger partial charge < -0.3 is 9.32 Å². The Kier molecular flexibility index (Phi) is 5.34. The van der Waals surface area contributed by atoms with Gasteiger partial charge in [0.05, 0.1) is 6.04 Å². The van der Waals surface area contributed by atoms with Crippen molar-refractivity contribution in [2.45, 2.75) is 25.3 Å². The molecule has 0 radical (unpaired) electrons. The molecule has 1 aromatic heterocycles. The molecule has 7 aromatic rings. The fraction of sp³-hybridized carbons (Fsp3) is 0.0952. The Morgan fingerprint density at radius 3 is 2.05 bits per heavy atom. The zero-order valence-corrected chi connectivity index (χ0v) is 24.8. The summed E-state index contributed by atoms with van der Waals surface area (Å²) < 4.78 is 6.94. The van der Waals surface area contributed by atoms with E-state index in [0.29, 0.717) is 0 Å². The molecule has 2 atom stereocenters. The van der Waals surface area contributed by atoms with Crippen LogP contribution in [0.3, 0.4) is 0 Å². The lowest BCUT2D eigenvalue weighted by Gasteiger charge is -2.34. The molecule has 2 aliphatic carbocycles. The summed E-state index contributed by atoms with van der Waals surface area (Å²) in [4.78, 5) is 2.47. The van der Waals surface area contributed by atoms with Crippen LogP contribution in [-0.4, -0.2) is 0 Å². The average molecular weight is 566 g/mol. The summed E-state index contributed by atoms with van der Waals surface area (Å²) >= 11 is 0. The van der Waals surface area contributed by atoms with E-state index in [-0.39, 0.29) is 6.04 Å². The molecule has 0 aliphatic heterocycles. The summed E-state index contributed by atoms with van der Waals surface area (Å²) in [6.07, 6.45) is 0. The highest BCUT2D eigenvalue weighted by Gasteiger charge is 2.55. The molecule has 0 N–H and O–H groups in total. The van der Waals surface area contributed by atoms with Crippen LogP contribution in [0, 0.1) is 6.92 Å². The third-order valence-corrected chi connectivity index (χ3v) is 9.88. The maximum atomic E-state index is 6.94. The van der Waals surface area contributed by atoms with E-state index in [1.54, 1.807) is 0 Å². The van der Waals surface area contributed by atoms with Crippen molar-refractivity contribution in [1.82, 2.24) is 0 Å². The van der Waals surface area contributed by atoms with Gasteiger partial charge in [0.25, 0.3) is 0 Å². The van der Waals surface area contributed by atoms with Crippen molar-refractivity contribution in [3.63, 3.8) is 0 Å². The minimum absolute atomic E-state index is 0.0800. The van der Waals surface area contributed by atoms with Gasteiger partial charge in [0.2, 0.25) is 0 Å². The van der Waals surface area contributed by atoms with Gasteiger partial charge in [-0.05, 0) is 82.6 Å². The van der Waals surface area contributed by atoms with Gasteiger partial charge in [-0.3, -0.25) is 0 Å². The highest BCUT2D eigenvalue weighted by atomic mass is 16.3. The molecule has 1 heterocycles. The maximum absolute atomic E-state index is 6.94. The molecule has 0 saturated carbocycles. The number of aryl methyl sites for hydroxylation is 1. The fourth-order valence-corrected chi connectivity index (χ4v) is 7.96. The van der Waals surface area contributed by atoms with E-state index in [9.17, 15) is 0 Å². The Hall–Kier alpha value is -5.34. The van der Waals surface area contributed by atoms with Crippen LogP contribution in [0.25, 0.3) is 33.2 Å². The van der Waals surface area contributed by atoms with Crippen LogP contribution >= 0.6 is 0 Å². The van der Waals surface area contributed by atoms with Gasteiger partial charge in [-0.25, -0.2) is 0 Å². The molecule has 0 amide bonds. The van der Waals surface area contributed by atoms with Crippen LogP contribution in [0.1, 0.15) is 46.5 Å². The molecule has 2 unspecified atom stereocenters. The van der Waals surface area contributed by atoms with Crippen LogP contribution in [0.5, 0.6) is 0 Å². The molecule has 6 aromatic carbocycles. The number of fused-ring (bicyclic) bond motifs is 12. The maximum Gasteiger partial charge on any atom is 0.135 e. The highest BCUT2D eigenvalue weighted by molar-refractivity contribution is 6.04. The number of rotatable bonds is 4. The third-order valence-electron chi connectivity index (χ3n) is 9.88. The molecule has 0 saturated heterocycles. The molecule has 9 rings (SSSR count). The topological polar surface area (TPSA) is 16.4 Å².